The van der Waals surface area contributed by atoms with Gasteiger partial charge >= 0.3 is 7.82 Å². The Balaban J connectivity index is 4.18. The van der Waals surface area contributed by atoms with Crippen LogP contribution < -0.4 is 11.1 Å². The average Bonchev–Trinajstić information content (AvgIpc) is 3.05. The van der Waals surface area contributed by atoms with Crippen molar-refractivity contribution in [3.05, 3.63) is 60.8 Å². The smallest absolute Gasteiger partial charge is 0.391 e. The number of rotatable bonds is 33. The molecule has 0 fully saturated rings. The Kier molecular flexibility index (Phi) is 32.8. The molecule has 9 heteroatoms. The van der Waals surface area contributed by atoms with Gasteiger partial charge in [0.15, 0.2) is 0 Å². The standard InChI is InChI=1S/C38H69N2O6P/c1-3-5-7-9-11-12-13-14-15-16-17-18-19-20-21-22-23-24-26-28-30-32-38(42)40-36(35-46-47(43,44)45-34-33-39)37(41)31-29-27-25-10-8-6-4-2/h5,7,11-12,14-15,17-18,20-21,36-37,41H,3-4,6,8-10,13,16,19,22-35,39H2,1-2H3,(H,40,42)(H,43,44)/b7-5-,12-11-,15-14-,18-17-,21-20-. The number of phosphoric ester groups is 1. The van der Waals surface area contributed by atoms with Crippen LogP contribution in [-0.2, 0) is 18.4 Å². The number of carbonyl (C=O) groups excluding carboxylic acids is 1. The summed E-state index contributed by atoms with van der Waals surface area (Å²) in [7, 11) is -4.31. The topological polar surface area (TPSA) is 131 Å². The lowest BCUT2D eigenvalue weighted by atomic mass is 10.0. The zero-order chi connectivity index (χ0) is 34.7. The molecule has 0 aliphatic rings. The summed E-state index contributed by atoms with van der Waals surface area (Å²) in [5.74, 6) is -0.188. The monoisotopic (exact) mass is 680 g/mol. The van der Waals surface area contributed by atoms with Crippen molar-refractivity contribution in [2.75, 3.05) is 19.8 Å². The number of nitrogens with two attached hydrogens (primary N) is 1. The second kappa shape index (κ2) is 34.1. The Morgan fingerprint density at radius 3 is 1.81 bits per heavy atom. The molecule has 0 rings (SSSR count). The molecule has 1 amide bonds. The highest BCUT2D eigenvalue weighted by molar-refractivity contribution is 7.47. The van der Waals surface area contributed by atoms with Crippen molar-refractivity contribution < 1.29 is 28.4 Å². The van der Waals surface area contributed by atoms with Gasteiger partial charge in [-0.1, -0.05) is 139 Å². The van der Waals surface area contributed by atoms with Crippen LogP contribution in [0, 0.1) is 0 Å². The quantitative estimate of drug-likeness (QED) is 0.0308. The van der Waals surface area contributed by atoms with Crippen LogP contribution >= 0.6 is 7.82 Å². The van der Waals surface area contributed by atoms with Crippen LogP contribution in [0.15, 0.2) is 60.8 Å². The first kappa shape index (κ1) is 45.2. The van der Waals surface area contributed by atoms with E-state index in [9.17, 15) is 19.4 Å². The first-order valence-corrected chi connectivity index (χ1v) is 19.9. The summed E-state index contributed by atoms with van der Waals surface area (Å²) in [6, 6.07) is -0.784. The lowest BCUT2D eigenvalue weighted by Crippen LogP contribution is -2.46. The van der Waals surface area contributed by atoms with Gasteiger partial charge in [0.05, 0.1) is 25.4 Å². The first-order valence-electron chi connectivity index (χ1n) is 18.4. The van der Waals surface area contributed by atoms with Crippen LogP contribution in [-0.4, -0.2) is 47.8 Å². The summed E-state index contributed by atoms with van der Waals surface area (Å²) in [4.78, 5) is 22.5. The van der Waals surface area contributed by atoms with Gasteiger partial charge in [-0.05, 0) is 57.8 Å². The summed E-state index contributed by atoms with van der Waals surface area (Å²) in [5, 5.41) is 13.6. The predicted octanol–water partition coefficient (Wildman–Crippen LogP) is 9.55. The number of hydrogen-bond donors (Lipinski definition) is 4. The lowest BCUT2D eigenvalue weighted by Gasteiger charge is -2.25. The van der Waals surface area contributed by atoms with Crippen LogP contribution in [0.3, 0.4) is 0 Å². The summed E-state index contributed by atoms with van der Waals surface area (Å²) in [6.07, 6.45) is 41.0. The Bertz CT molecular complexity index is 918. The SMILES string of the molecule is CC/C=C\C/C=C\C/C=C\C/C=C\C/C=C\CCCCCCCC(=O)NC(COP(=O)(O)OCCN)C(O)CCCCCCCCC. The molecular weight excluding hydrogens is 611 g/mol. The van der Waals surface area contributed by atoms with E-state index >= 15 is 0 Å². The van der Waals surface area contributed by atoms with E-state index in [1.165, 1.54) is 25.7 Å². The highest BCUT2D eigenvalue weighted by Gasteiger charge is 2.27. The number of amides is 1. The fourth-order valence-electron chi connectivity index (χ4n) is 4.87. The molecule has 272 valence electrons. The van der Waals surface area contributed by atoms with E-state index in [0.29, 0.717) is 12.8 Å². The van der Waals surface area contributed by atoms with Gasteiger partial charge in [-0.25, -0.2) is 4.57 Å². The predicted molar refractivity (Wildman–Crippen MR) is 198 cm³/mol. The second-order valence-corrected chi connectivity index (χ2v) is 13.5. The Morgan fingerprint density at radius 2 is 1.23 bits per heavy atom. The molecule has 47 heavy (non-hydrogen) atoms. The van der Waals surface area contributed by atoms with Crippen LogP contribution in [0.1, 0.15) is 142 Å². The number of aliphatic hydroxyl groups is 1. The van der Waals surface area contributed by atoms with Gasteiger partial charge < -0.3 is 21.1 Å². The van der Waals surface area contributed by atoms with Crippen LogP contribution in [0.2, 0.25) is 0 Å². The molecular formula is C38H69N2O6P. The summed E-state index contributed by atoms with van der Waals surface area (Å²) >= 11 is 0. The lowest BCUT2D eigenvalue weighted by molar-refractivity contribution is -0.123. The number of phosphoric acid groups is 1. The number of unbranched alkanes of at least 4 members (excludes halogenated alkanes) is 11. The second-order valence-electron chi connectivity index (χ2n) is 12.1. The molecule has 5 N–H and O–H groups in total. The number of aliphatic hydroxyl groups excluding tert-OH is 1. The van der Waals surface area contributed by atoms with Crippen molar-refractivity contribution in [3.8, 4) is 0 Å². The van der Waals surface area contributed by atoms with E-state index in [0.717, 1.165) is 89.9 Å². The maximum absolute atomic E-state index is 12.7. The Hall–Kier alpha value is -1.80. The van der Waals surface area contributed by atoms with E-state index in [1.807, 2.05) is 0 Å². The van der Waals surface area contributed by atoms with Gasteiger partial charge in [0.1, 0.15) is 0 Å². The molecule has 3 unspecified atom stereocenters. The number of nitrogens with one attached hydrogen (secondary N) is 1. The molecule has 0 aromatic rings. The Morgan fingerprint density at radius 1 is 0.723 bits per heavy atom. The number of carbonyl (C=O) groups is 1. The van der Waals surface area contributed by atoms with Gasteiger partial charge in [0.25, 0.3) is 0 Å². The van der Waals surface area contributed by atoms with Crippen molar-refractivity contribution in [2.45, 2.75) is 154 Å². The zero-order valence-corrected chi connectivity index (χ0v) is 30.6. The van der Waals surface area contributed by atoms with Gasteiger partial charge in [-0.3, -0.25) is 13.8 Å². The van der Waals surface area contributed by atoms with Gasteiger partial charge in [-0.2, -0.15) is 0 Å². The highest BCUT2D eigenvalue weighted by atomic mass is 31.2. The molecule has 0 radical (unpaired) electrons. The number of hydrogen-bond acceptors (Lipinski definition) is 6. The van der Waals surface area contributed by atoms with Gasteiger partial charge in [0.2, 0.25) is 5.91 Å². The maximum Gasteiger partial charge on any atom is 0.472 e. The van der Waals surface area contributed by atoms with E-state index in [1.54, 1.807) is 0 Å². The van der Waals surface area contributed by atoms with Crippen LogP contribution in [0.25, 0.3) is 0 Å². The third-order valence-electron chi connectivity index (χ3n) is 7.64. The molecule has 0 bridgehead atoms. The molecule has 0 saturated carbocycles. The number of allylic oxidation sites excluding steroid dienone is 10. The van der Waals surface area contributed by atoms with Crippen molar-refractivity contribution in [2.24, 2.45) is 5.73 Å². The van der Waals surface area contributed by atoms with Crippen LogP contribution in [0.5, 0.6) is 0 Å². The van der Waals surface area contributed by atoms with Crippen molar-refractivity contribution in [1.29, 1.82) is 0 Å². The van der Waals surface area contributed by atoms with E-state index in [-0.39, 0.29) is 25.7 Å². The van der Waals surface area contributed by atoms with E-state index in [4.69, 9.17) is 14.8 Å². The largest absolute Gasteiger partial charge is 0.472 e. The molecule has 0 spiro atoms. The third-order valence-corrected chi connectivity index (χ3v) is 8.62. The molecule has 0 aliphatic carbocycles. The fourth-order valence-corrected chi connectivity index (χ4v) is 5.63. The van der Waals surface area contributed by atoms with Crippen LogP contribution in [0.4, 0.5) is 0 Å². The molecule has 0 aromatic heterocycles. The minimum atomic E-state index is -4.31. The minimum Gasteiger partial charge on any atom is -0.391 e. The van der Waals surface area contributed by atoms with Crippen molar-refractivity contribution in [3.63, 3.8) is 0 Å². The van der Waals surface area contributed by atoms with Gasteiger partial charge in [0, 0.05) is 13.0 Å². The highest BCUT2D eigenvalue weighted by Crippen LogP contribution is 2.43. The maximum atomic E-state index is 12.7. The van der Waals surface area contributed by atoms with Crippen molar-refractivity contribution in [1.82, 2.24) is 5.32 Å². The average molecular weight is 681 g/mol. The molecule has 0 aliphatic heterocycles. The molecule has 0 saturated heterocycles. The first-order chi connectivity index (χ1) is 22.9. The Labute approximate surface area is 287 Å². The van der Waals surface area contributed by atoms with Crippen molar-refractivity contribution >= 4 is 13.7 Å². The normalized spacial score (nSPS) is 15.1. The third kappa shape index (κ3) is 32.5. The summed E-state index contributed by atoms with van der Waals surface area (Å²) in [6.45, 7) is 3.99. The fraction of sp³-hybridized carbons (Fsp3) is 0.711. The molecule has 0 aromatic carbocycles. The van der Waals surface area contributed by atoms with E-state index < -0.39 is 20.0 Å². The molecule has 3 atom stereocenters. The minimum absolute atomic E-state index is 0.0817. The molecule has 8 nitrogen and oxygen atoms in total. The molecule has 0 heterocycles. The zero-order valence-electron chi connectivity index (χ0n) is 29.7. The van der Waals surface area contributed by atoms with E-state index in [2.05, 4.69) is 79.9 Å². The summed E-state index contributed by atoms with van der Waals surface area (Å²) < 4.78 is 22.0. The summed E-state index contributed by atoms with van der Waals surface area (Å²) in [5.41, 5.74) is 5.34. The van der Waals surface area contributed by atoms with Gasteiger partial charge in [-0.15, -0.1) is 0 Å².